The average Bonchev–Trinajstić information content (AvgIpc) is 2.14. The molecule has 0 saturated heterocycles. The van der Waals surface area contributed by atoms with Gasteiger partial charge in [0.25, 0.3) is 0 Å². The van der Waals surface area contributed by atoms with Crippen molar-refractivity contribution in [2.45, 2.75) is 46.5 Å². The molecule has 0 N–H and O–H groups in total. The van der Waals surface area contributed by atoms with Crippen LogP contribution in [0.3, 0.4) is 0 Å². The van der Waals surface area contributed by atoms with E-state index in [0.29, 0.717) is 5.92 Å². The van der Waals surface area contributed by atoms with Crippen molar-refractivity contribution in [1.82, 2.24) is 0 Å². The maximum atomic E-state index is 3.64. The molecule has 0 heterocycles. The van der Waals surface area contributed by atoms with Gasteiger partial charge in [-0.15, -0.1) is 0 Å². The summed E-state index contributed by atoms with van der Waals surface area (Å²) < 4.78 is 0. The molecule has 0 saturated carbocycles. The molecule has 15 heavy (non-hydrogen) atoms. The van der Waals surface area contributed by atoms with Crippen LogP contribution in [0.2, 0.25) is 0 Å². The maximum absolute atomic E-state index is 3.64. The Morgan fingerprint density at radius 2 is 1.67 bits per heavy atom. The van der Waals surface area contributed by atoms with Crippen molar-refractivity contribution < 1.29 is 0 Å². The summed E-state index contributed by atoms with van der Waals surface area (Å²) in [6.45, 7) is 8.91. The van der Waals surface area contributed by atoms with Crippen LogP contribution >= 0.6 is 15.9 Å². The molecule has 0 bridgehead atoms. The zero-order valence-corrected chi connectivity index (χ0v) is 11.8. The van der Waals surface area contributed by atoms with Crippen molar-refractivity contribution in [3.05, 3.63) is 34.4 Å². The Balaban J connectivity index is 3.11. The van der Waals surface area contributed by atoms with Crippen molar-refractivity contribution >= 4 is 15.9 Å². The minimum Gasteiger partial charge on any atom is -0.0921 e. The molecule has 1 atom stereocenters. The first-order valence-electron chi connectivity index (χ1n) is 5.73. The summed E-state index contributed by atoms with van der Waals surface area (Å²) in [5.41, 5.74) is 5.83. The lowest BCUT2D eigenvalue weighted by molar-refractivity contribution is 0.669. The second kappa shape index (κ2) is 5.69. The van der Waals surface area contributed by atoms with Gasteiger partial charge in [-0.3, -0.25) is 0 Å². The minimum atomic E-state index is 0.676. The van der Waals surface area contributed by atoms with Gasteiger partial charge < -0.3 is 0 Å². The summed E-state index contributed by atoms with van der Waals surface area (Å²) in [7, 11) is 0. The van der Waals surface area contributed by atoms with Gasteiger partial charge in [0.2, 0.25) is 0 Å². The molecule has 0 amide bonds. The summed E-state index contributed by atoms with van der Waals surface area (Å²) in [6.07, 6.45) is 2.53. The highest BCUT2D eigenvalue weighted by Crippen LogP contribution is 2.30. The van der Waals surface area contributed by atoms with E-state index in [9.17, 15) is 0 Å². The highest BCUT2D eigenvalue weighted by atomic mass is 79.9. The topological polar surface area (TPSA) is 0 Å². The fraction of sp³-hybridized carbons (Fsp3) is 0.571. The molecule has 1 rings (SSSR count). The van der Waals surface area contributed by atoms with Crippen LogP contribution in [-0.2, 0) is 0 Å². The third-order valence-electron chi connectivity index (χ3n) is 2.97. The van der Waals surface area contributed by atoms with Crippen LogP contribution in [0.25, 0.3) is 0 Å². The Labute approximate surface area is 102 Å². The number of halogens is 1. The number of aryl methyl sites for hydroxylation is 3. The van der Waals surface area contributed by atoms with Crippen LogP contribution in [-0.4, -0.2) is 5.33 Å². The lowest BCUT2D eigenvalue weighted by atomic mass is 9.88. The summed E-state index contributed by atoms with van der Waals surface area (Å²) >= 11 is 3.64. The summed E-state index contributed by atoms with van der Waals surface area (Å²) in [6, 6.07) is 4.60. The zero-order chi connectivity index (χ0) is 11.4. The second-order valence-corrected chi connectivity index (χ2v) is 5.10. The molecular weight excluding hydrogens is 248 g/mol. The van der Waals surface area contributed by atoms with Gasteiger partial charge in [0, 0.05) is 5.33 Å². The molecule has 84 valence electrons. The molecule has 0 nitrogen and oxygen atoms in total. The molecule has 1 heteroatoms. The summed E-state index contributed by atoms with van der Waals surface area (Å²) in [5, 5.41) is 1.07. The smallest absolute Gasteiger partial charge is 0.0100 e. The Hall–Kier alpha value is -0.300. The van der Waals surface area contributed by atoms with E-state index in [1.807, 2.05) is 0 Å². The molecule has 0 aliphatic carbocycles. The fourth-order valence-electron chi connectivity index (χ4n) is 2.48. The van der Waals surface area contributed by atoms with Crippen molar-refractivity contribution in [3.8, 4) is 0 Å². The molecule has 1 aromatic rings. The van der Waals surface area contributed by atoms with Crippen LogP contribution < -0.4 is 0 Å². The molecule has 1 unspecified atom stereocenters. The predicted molar refractivity (Wildman–Crippen MR) is 72.1 cm³/mol. The van der Waals surface area contributed by atoms with Gasteiger partial charge >= 0.3 is 0 Å². The molecule has 0 aliphatic heterocycles. The molecule has 0 aliphatic rings. The fourth-order valence-corrected chi connectivity index (χ4v) is 3.13. The van der Waals surface area contributed by atoms with Gasteiger partial charge in [0.15, 0.2) is 0 Å². The standard InChI is InChI=1S/C14H21Br/c1-5-6-13(9-15)14-11(3)7-10(2)8-12(14)4/h7-8,13H,5-6,9H2,1-4H3. The third kappa shape index (κ3) is 3.07. The van der Waals surface area contributed by atoms with Gasteiger partial charge in [-0.25, -0.2) is 0 Å². The molecule has 0 radical (unpaired) electrons. The SMILES string of the molecule is CCCC(CBr)c1c(C)cc(C)cc1C. The van der Waals surface area contributed by atoms with Crippen molar-refractivity contribution in [2.24, 2.45) is 0 Å². The molecule has 0 aromatic heterocycles. The zero-order valence-electron chi connectivity index (χ0n) is 10.2. The Bertz CT molecular complexity index is 305. The Kier molecular flexibility index (Phi) is 4.85. The van der Waals surface area contributed by atoms with Gasteiger partial charge in [0.1, 0.15) is 0 Å². The first-order valence-corrected chi connectivity index (χ1v) is 6.86. The van der Waals surface area contributed by atoms with Crippen LogP contribution in [0.1, 0.15) is 47.9 Å². The Morgan fingerprint density at radius 3 is 2.07 bits per heavy atom. The third-order valence-corrected chi connectivity index (χ3v) is 3.75. The largest absolute Gasteiger partial charge is 0.0921 e. The predicted octanol–water partition coefficient (Wildman–Crippen LogP) is 4.89. The average molecular weight is 269 g/mol. The van der Waals surface area contributed by atoms with Gasteiger partial charge in [-0.2, -0.15) is 0 Å². The first-order chi connectivity index (χ1) is 7.10. The second-order valence-electron chi connectivity index (χ2n) is 4.45. The van der Waals surface area contributed by atoms with Gasteiger partial charge in [0.05, 0.1) is 0 Å². The highest BCUT2D eigenvalue weighted by Gasteiger charge is 2.14. The van der Waals surface area contributed by atoms with Crippen molar-refractivity contribution in [3.63, 3.8) is 0 Å². The van der Waals surface area contributed by atoms with E-state index >= 15 is 0 Å². The van der Waals surface area contributed by atoms with Crippen LogP contribution in [0, 0.1) is 20.8 Å². The van der Waals surface area contributed by atoms with Crippen LogP contribution in [0.5, 0.6) is 0 Å². The quantitative estimate of drug-likeness (QED) is 0.683. The number of hydrogen-bond donors (Lipinski definition) is 0. The van der Waals surface area contributed by atoms with Crippen LogP contribution in [0.15, 0.2) is 12.1 Å². The summed E-state index contributed by atoms with van der Waals surface area (Å²) in [4.78, 5) is 0. The number of alkyl halides is 1. The summed E-state index contributed by atoms with van der Waals surface area (Å²) in [5.74, 6) is 0.676. The number of rotatable bonds is 4. The molecular formula is C14H21Br. The van der Waals surface area contributed by atoms with Crippen LogP contribution in [0.4, 0.5) is 0 Å². The van der Waals surface area contributed by atoms with E-state index in [-0.39, 0.29) is 0 Å². The van der Waals surface area contributed by atoms with Crippen molar-refractivity contribution in [2.75, 3.05) is 5.33 Å². The Morgan fingerprint density at radius 1 is 1.13 bits per heavy atom. The van der Waals surface area contributed by atoms with Gasteiger partial charge in [-0.1, -0.05) is 47.0 Å². The highest BCUT2D eigenvalue weighted by molar-refractivity contribution is 9.09. The molecule has 0 spiro atoms. The first kappa shape index (κ1) is 12.8. The molecule has 0 fully saturated rings. The maximum Gasteiger partial charge on any atom is 0.0100 e. The lowest BCUT2D eigenvalue weighted by Gasteiger charge is -2.19. The number of hydrogen-bond acceptors (Lipinski definition) is 0. The molecule has 1 aromatic carbocycles. The van der Waals surface area contributed by atoms with E-state index in [1.54, 1.807) is 5.56 Å². The van der Waals surface area contributed by atoms with E-state index in [4.69, 9.17) is 0 Å². The minimum absolute atomic E-state index is 0.676. The normalized spacial score (nSPS) is 12.9. The van der Waals surface area contributed by atoms with E-state index < -0.39 is 0 Å². The van der Waals surface area contributed by atoms with E-state index in [2.05, 4.69) is 55.8 Å². The monoisotopic (exact) mass is 268 g/mol. The van der Waals surface area contributed by atoms with Crippen molar-refractivity contribution in [1.29, 1.82) is 0 Å². The number of benzene rings is 1. The van der Waals surface area contributed by atoms with Gasteiger partial charge in [-0.05, 0) is 49.8 Å². The van der Waals surface area contributed by atoms with E-state index in [0.717, 1.165) is 5.33 Å². The lowest BCUT2D eigenvalue weighted by Crippen LogP contribution is -2.05. The van der Waals surface area contributed by atoms with E-state index in [1.165, 1.54) is 29.5 Å².